The predicted octanol–water partition coefficient (Wildman–Crippen LogP) is 3.57. The molecule has 0 bridgehead atoms. The van der Waals surface area contributed by atoms with Gasteiger partial charge in [-0.2, -0.15) is 0 Å². The quantitative estimate of drug-likeness (QED) is 0.589. The molecule has 1 N–H and O–H groups in total. The van der Waals surface area contributed by atoms with Crippen LogP contribution in [0.5, 0.6) is 0 Å². The van der Waals surface area contributed by atoms with Crippen molar-refractivity contribution in [3.8, 4) is 10.6 Å². The van der Waals surface area contributed by atoms with Crippen LogP contribution in [0.15, 0.2) is 42.5 Å². The van der Waals surface area contributed by atoms with Crippen LogP contribution in [-0.4, -0.2) is 21.0 Å². The van der Waals surface area contributed by atoms with Gasteiger partial charge in [0.05, 0.1) is 15.1 Å². The predicted molar refractivity (Wildman–Crippen MR) is 78.7 cm³/mol. The van der Waals surface area contributed by atoms with Crippen LogP contribution in [0, 0.1) is 10.1 Å². The van der Waals surface area contributed by atoms with Crippen molar-refractivity contribution in [1.29, 1.82) is 0 Å². The number of hydrogen-bond acceptors (Lipinski definition) is 5. The molecular weight excluding hydrogens is 292 g/mol. The van der Waals surface area contributed by atoms with Crippen LogP contribution in [0.25, 0.3) is 20.8 Å². The SMILES string of the molecule is O=C(O)c1ccc(-c2nc3ccccc3s2)cc1[N+](=O)[O-]. The van der Waals surface area contributed by atoms with Crippen molar-refractivity contribution >= 4 is 33.2 Å². The lowest BCUT2D eigenvalue weighted by Crippen LogP contribution is -2.02. The lowest BCUT2D eigenvalue weighted by atomic mass is 10.1. The molecule has 3 aromatic rings. The van der Waals surface area contributed by atoms with Crippen LogP contribution in [-0.2, 0) is 0 Å². The number of nitro benzene ring substituents is 1. The van der Waals surface area contributed by atoms with Crippen molar-refractivity contribution < 1.29 is 14.8 Å². The molecule has 0 amide bonds. The van der Waals surface area contributed by atoms with Gasteiger partial charge in [0, 0.05) is 11.6 Å². The molecule has 0 saturated carbocycles. The van der Waals surface area contributed by atoms with Gasteiger partial charge < -0.3 is 5.11 Å². The molecule has 6 nitrogen and oxygen atoms in total. The number of benzene rings is 2. The van der Waals surface area contributed by atoms with Gasteiger partial charge in [-0.3, -0.25) is 10.1 Å². The number of nitrogens with zero attached hydrogens (tertiary/aromatic N) is 2. The second-order valence-corrected chi connectivity index (χ2v) is 5.31. The highest BCUT2D eigenvalue weighted by molar-refractivity contribution is 7.21. The number of fused-ring (bicyclic) bond motifs is 1. The van der Waals surface area contributed by atoms with E-state index < -0.39 is 16.6 Å². The van der Waals surface area contributed by atoms with E-state index in [4.69, 9.17) is 5.11 Å². The summed E-state index contributed by atoms with van der Waals surface area (Å²) in [7, 11) is 0. The maximum atomic E-state index is 11.0. The first kappa shape index (κ1) is 13.2. The highest BCUT2D eigenvalue weighted by atomic mass is 32.1. The van der Waals surface area contributed by atoms with Crippen molar-refractivity contribution in [2.45, 2.75) is 0 Å². The summed E-state index contributed by atoms with van der Waals surface area (Å²) in [4.78, 5) is 25.7. The molecule has 0 fully saturated rings. The lowest BCUT2D eigenvalue weighted by Gasteiger charge is -2.00. The fourth-order valence-electron chi connectivity index (χ4n) is 1.99. The molecule has 0 saturated heterocycles. The average molecular weight is 300 g/mol. The minimum atomic E-state index is -1.32. The van der Waals surface area contributed by atoms with E-state index in [2.05, 4.69) is 4.98 Å². The van der Waals surface area contributed by atoms with Crippen molar-refractivity contribution in [2.24, 2.45) is 0 Å². The Morgan fingerprint density at radius 2 is 2.00 bits per heavy atom. The van der Waals surface area contributed by atoms with Crippen molar-refractivity contribution in [3.63, 3.8) is 0 Å². The van der Waals surface area contributed by atoms with E-state index in [0.717, 1.165) is 10.2 Å². The van der Waals surface area contributed by atoms with E-state index in [1.165, 1.54) is 29.5 Å². The van der Waals surface area contributed by atoms with Crippen LogP contribution in [0.1, 0.15) is 10.4 Å². The molecule has 2 aromatic carbocycles. The van der Waals surface area contributed by atoms with E-state index in [9.17, 15) is 14.9 Å². The first-order chi connectivity index (χ1) is 10.1. The lowest BCUT2D eigenvalue weighted by molar-refractivity contribution is -0.385. The van der Waals surface area contributed by atoms with Gasteiger partial charge in [0.25, 0.3) is 5.69 Å². The molecule has 0 unspecified atom stereocenters. The molecule has 0 aliphatic carbocycles. The van der Waals surface area contributed by atoms with Gasteiger partial charge in [0.1, 0.15) is 10.6 Å². The molecule has 0 aliphatic rings. The van der Waals surface area contributed by atoms with Gasteiger partial charge >= 0.3 is 5.97 Å². The maximum absolute atomic E-state index is 11.0. The summed E-state index contributed by atoms with van der Waals surface area (Å²) in [5, 5.41) is 20.6. The number of aromatic nitrogens is 1. The summed E-state index contributed by atoms with van der Waals surface area (Å²) >= 11 is 1.40. The second kappa shape index (κ2) is 4.95. The number of carbonyl (C=O) groups is 1. The standard InChI is InChI=1S/C14H8N2O4S/c17-14(18)9-6-5-8(7-11(9)16(19)20)13-15-10-3-1-2-4-12(10)21-13/h1-7H,(H,17,18). The molecular formula is C14H8N2O4S. The summed E-state index contributed by atoms with van der Waals surface area (Å²) in [6.07, 6.45) is 0. The molecule has 1 heterocycles. The van der Waals surface area contributed by atoms with E-state index in [1.807, 2.05) is 24.3 Å². The van der Waals surface area contributed by atoms with Crippen LogP contribution in [0.4, 0.5) is 5.69 Å². The Kier molecular flexibility index (Phi) is 3.11. The van der Waals surface area contributed by atoms with Gasteiger partial charge in [-0.25, -0.2) is 9.78 Å². The number of thiazole rings is 1. The third kappa shape index (κ3) is 2.34. The number of nitro groups is 1. The topological polar surface area (TPSA) is 93.3 Å². The number of carboxylic acids is 1. The van der Waals surface area contributed by atoms with Crippen LogP contribution >= 0.6 is 11.3 Å². The number of para-hydroxylation sites is 1. The average Bonchev–Trinajstić information content (AvgIpc) is 2.90. The first-order valence-corrected chi connectivity index (χ1v) is 6.75. The normalized spacial score (nSPS) is 10.7. The fraction of sp³-hybridized carbons (Fsp3) is 0. The van der Waals surface area contributed by atoms with E-state index in [-0.39, 0.29) is 5.56 Å². The Morgan fingerprint density at radius 1 is 1.24 bits per heavy atom. The number of hydrogen-bond donors (Lipinski definition) is 1. The number of carboxylic acid groups (broad SMARTS) is 1. The van der Waals surface area contributed by atoms with Gasteiger partial charge in [-0.1, -0.05) is 18.2 Å². The van der Waals surface area contributed by atoms with Crippen LogP contribution < -0.4 is 0 Å². The molecule has 1 aromatic heterocycles. The third-order valence-corrected chi connectivity index (χ3v) is 4.05. The molecule has 21 heavy (non-hydrogen) atoms. The van der Waals surface area contributed by atoms with Gasteiger partial charge in [0.2, 0.25) is 0 Å². The Hall–Kier alpha value is -2.80. The fourth-order valence-corrected chi connectivity index (χ4v) is 2.95. The smallest absolute Gasteiger partial charge is 0.342 e. The maximum Gasteiger partial charge on any atom is 0.342 e. The summed E-state index contributed by atoms with van der Waals surface area (Å²) < 4.78 is 0.970. The van der Waals surface area contributed by atoms with Gasteiger partial charge in [-0.15, -0.1) is 11.3 Å². The number of rotatable bonds is 3. The highest BCUT2D eigenvalue weighted by Crippen LogP contribution is 2.33. The summed E-state index contributed by atoms with van der Waals surface area (Å²) in [5.74, 6) is -1.32. The van der Waals surface area contributed by atoms with Crippen LogP contribution in [0.2, 0.25) is 0 Å². The Morgan fingerprint density at radius 3 is 2.67 bits per heavy atom. The highest BCUT2D eigenvalue weighted by Gasteiger charge is 2.21. The molecule has 3 rings (SSSR count). The Labute approximate surface area is 122 Å². The first-order valence-electron chi connectivity index (χ1n) is 5.94. The summed E-state index contributed by atoms with van der Waals surface area (Å²) in [6, 6.07) is 11.5. The molecule has 0 aliphatic heterocycles. The van der Waals surface area contributed by atoms with E-state index in [0.29, 0.717) is 10.6 Å². The Bertz CT molecular complexity index is 839. The van der Waals surface area contributed by atoms with Crippen molar-refractivity contribution in [1.82, 2.24) is 4.98 Å². The number of aromatic carboxylic acids is 1. The zero-order chi connectivity index (χ0) is 15.0. The van der Waals surface area contributed by atoms with E-state index >= 15 is 0 Å². The largest absolute Gasteiger partial charge is 0.477 e. The molecule has 0 spiro atoms. The van der Waals surface area contributed by atoms with E-state index in [1.54, 1.807) is 0 Å². The van der Waals surface area contributed by atoms with Crippen molar-refractivity contribution in [3.05, 3.63) is 58.1 Å². The molecule has 7 heteroatoms. The Balaban J connectivity index is 2.16. The van der Waals surface area contributed by atoms with Gasteiger partial charge in [-0.05, 0) is 18.2 Å². The minimum absolute atomic E-state index is 0.329. The zero-order valence-corrected chi connectivity index (χ0v) is 11.3. The summed E-state index contributed by atoms with van der Waals surface area (Å²) in [6.45, 7) is 0. The summed E-state index contributed by atoms with van der Waals surface area (Å²) in [5.41, 5.74) is 0.583. The molecule has 0 atom stereocenters. The van der Waals surface area contributed by atoms with Crippen molar-refractivity contribution in [2.75, 3.05) is 0 Å². The van der Waals surface area contributed by atoms with Gasteiger partial charge in [0.15, 0.2) is 0 Å². The van der Waals surface area contributed by atoms with Crippen LogP contribution in [0.3, 0.4) is 0 Å². The molecule has 104 valence electrons. The second-order valence-electron chi connectivity index (χ2n) is 4.28. The third-order valence-electron chi connectivity index (χ3n) is 2.97. The zero-order valence-electron chi connectivity index (χ0n) is 10.5. The minimum Gasteiger partial charge on any atom is -0.477 e. The molecule has 0 radical (unpaired) electrons. The monoisotopic (exact) mass is 300 g/mol.